The average Bonchev–Trinajstić information content (AvgIpc) is 2.84. The molecule has 0 unspecified atom stereocenters. The molecule has 0 amide bonds. The van der Waals surface area contributed by atoms with Crippen LogP contribution in [-0.2, 0) is 12.8 Å². The fourth-order valence-corrected chi connectivity index (χ4v) is 2.92. The molecular formula is C16H16ClFN2. The minimum Gasteiger partial charge on any atom is -0.341 e. The molecule has 0 aromatic heterocycles. The monoisotopic (exact) mass is 290 g/mol. The van der Waals surface area contributed by atoms with E-state index in [4.69, 9.17) is 17.3 Å². The van der Waals surface area contributed by atoms with Gasteiger partial charge in [-0.25, -0.2) is 4.39 Å². The molecule has 0 fully saturated rings. The summed E-state index contributed by atoms with van der Waals surface area (Å²) in [5.41, 5.74) is 9.96. The first kappa shape index (κ1) is 13.4. The first-order chi connectivity index (χ1) is 9.69. The van der Waals surface area contributed by atoms with Crippen molar-refractivity contribution in [2.75, 3.05) is 18.0 Å². The molecule has 4 heteroatoms. The Morgan fingerprint density at radius 1 is 1.15 bits per heavy atom. The van der Waals surface area contributed by atoms with Crippen LogP contribution in [0.25, 0.3) is 0 Å². The number of nitrogens with zero attached hydrogens (tertiary/aromatic N) is 1. The molecule has 0 atom stereocenters. The Hall–Kier alpha value is -1.58. The molecule has 1 heterocycles. The summed E-state index contributed by atoms with van der Waals surface area (Å²) in [4.78, 5) is 2.13. The lowest BCUT2D eigenvalue weighted by Gasteiger charge is -2.23. The van der Waals surface area contributed by atoms with Crippen molar-refractivity contribution in [1.29, 1.82) is 0 Å². The number of halogens is 2. The summed E-state index contributed by atoms with van der Waals surface area (Å²) in [5, 5.41) is 0.686. The predicted molar refractivity (Wildman–Crippen MR) is 81.3 cm³/mol. The van der Waals surface area contributed by atoms with E-state index < -0.39 is 0 Å². The highest BCUT2D eigenvalue weighted by atomic mass is 35.5. The molecule has 2 aromatic rings. The summed E-state index contributed by atoms with van der Waals surface area (Å²) in [5.74, 6) is -0.210. The molecule has 2 nitrogen and oxygen atoms in total. The van der Waals surface area contributed by atoms with Gasteiger partial charge in [-0.2, -0.15) is 0 Å². The summed E-state index contributed by atoms with van der Waals surface area (Å²) in [6, 6.07) is 10.8. The molecule has 2 aromatic carbocycles. The van der Waals surface area contributed by atoms with E-state index in [2.05, 4.69) is 4.90 Å². The molecule has 0 saturated carbocycles. The smallest absolute Gasteiger partial charge is 0.125 e. The highest BCUT2D eigenvalue weighted by molar-refractivity contribution is 6.30. The molecule has 0 spiro atoms. The van der Waals surface area contributed by atoms with Crippen molar-refractivity contribution in [2.45, 2.75) is 12.8 Å². The van der Waals surface area contributed by atoms with Gasteiger partial charge in [-0.3, -0.25) is 0 Å². The van der Waals surface area contributed by atoms with Crippen molar-refractivity contribution in [2.24, 2.45) is 5.73 Å². The summed E-state index contributed by atoms with van der Waals surface area (Å²) < 4.78 is 13.5. The van der Waals surface area contributed by atoms with Crippen LogP contribution in [-0.4, -0.2) is 13.1 Å². The summed E-state index contributed by atoms with van der Waals surface area (Å²) in [6.45, 7) is 1.43. The highest BCUT2D eigenvalue weighted by Gasteiger charge is 2.22. The Kier molecular flexibility index (Phi) is 3.64. The Morgan fingerprint density at radius 3 is 2.80 bits per heavy atom. The Bertz CT molecular complexity index is 642. The zero-order valence-corrected chi connectivity index (χ0v) is 11.8. The zero-order chi connectivity index (χ0) is 14.1. The van der Waals surface area contributed by atoms with Gasteiger partial charge >= 0.3 is 0 Å². The Balaban J connectivity index is 2.07. The quantitative estimate of drug-likeness (QED) is 0.934. The van der Waals surface area contributed by atoms with Crippen LogP contribution in [0, 0.1) is 5.82 Å². The van der Waals surface area contributed by atoms with Crippen LogP contribution in [0.1, 0.15) is 11.1 Å². The molecule has 20 heavy (non-hydrogen) atoms. The molecule has 1 aliphatic rings. The van der Waals surface area contributed by atoms with E-state index in [0.717, 1.165) is 36.3 Å². The van der Waals surface area contributed by atoms with Gasteiger partial charge in [0.25, 0.3) is 0 Å². The molecular weight excluding hydrogens is 275 g/mol. The van der Waals surface area contributed by atoms with E-state index in [0.29, 0.717) is 11.6 Å². The Morgan fingerprint density at radius 2 is 2.00 bits per heavy atom. The van der Waals surface area contributed by atoms with E-state index >= 15 is 0 Å². The number of benzene rings is 2. The second-order valence-corrected chi connectivity index (χ2v) is 5.42. The fourth-order valence-electron chi connectivity index (χ4n) is 2.76. The molecule has 1 aliphatic heterocycles. The van der Waals surface area contributed by atoms with Gasteiger partial charge in [0.15, 0.2) is 0 Å². The van der Waals surface area contributed by atoms with E-state index in [1.54, 1.807) is 6.07 Å². The maximum absolute atomic E-state index is 13.5. The third-order valence-electron chi connectivity index (χ3n) is 3.69. The van der Waals surface area contributed by atoms with Gasteiger partial charge in [-0.05, 0) is 54.8 Å². The van der Waals surface area contributed by atoms with Gasteiger partial charge in [-0.15, -0.1) is 0 Å². The van der Waals surface area contributed by atoms with Gasteiger partial charge in [0.1, 0.15) is 5.82 Å². The molecule has 0 radical (unpaired) electrons. The number of anilines is 2. The van der Waals surface area contributed by atoms with Crippen LogP contribution in [0.2, 0.25) is 5.02 Å². The van der Waals surface area contributed by atoms with Crippen molar-refractivity contribution in [3.8, 4) is 0 Å². The van der Waals surface area contributed by atoms with Crippen molar-refractivity contribution in [1.82, 2.24) is 0 Å². The number of rotatable bonds is 3. The largest absolute Gasteiger partial charge is 0.341 e. The molecule has 2 N–H and O–H groups in total. The second kappa shape index (κ2) is 5.43. The van der Waals surface area contributed by atoms with Gasteiger partial charge in [-0.1, -0.05) is 23.7 Å². The van der Waals surface area contributed by atoms with Crippen molar-refractivity contribution < 1.29 is 4.39 Å². The summed E-state index contributed by atoms with van der Waals surface area (Å²) in [6.07, 6.45) is 1.71. The lowest BCUT2D eigenvalue weighted by Crippen LogP contribution is -2.16. The minimum atomic E-state index is -0.210. The van der Waals surface area contributed by atoms with Crippen LogP contribution in [0.3, 0.4) is 0 Å². The molecule has 0 aliphatic carbocycles. The molecule has 3 rings (SSSR count). The topological polar surface area (TPSA) is 29.3 Å². The van der Waals surface area contributed by atoms with Crippen molar-refractivity contribution in [3.05, 3.63) is 58.4 Å². The first-order valence-corrected chi connectivity index (χ1v) is 7.11. The van der Waals surface area contributed by atoms with E-state index in [-0.39, 0.29) is 5.82 Å². The minimum absolute atomic E-state index is 0.210. The van der Waals surface area contributed by atoms with Crippen LogP contribution in [0.15, 0.2) is 36.4 Å². The van der Waals surface area contributed by atoms with E-state index in [1.807, 2.05) is 24.3 Å². The highest BCUT2D eigenvalue weighted by Crippen LogP contribution is 2.37. The van der Waals surface area contributed by atoms with Crippen LogP contribution < -0.4 is 10.6 Å². The van der Waals surface area contributed by atoms with Crippen LogP contribution in [0.4, 0.5) is 15.8 Å². The number of fused-ring (bicyclic) bond motifs is 1. The van der Waals surface area contributed by atoms with Gasteiger partial charge < -0.3 is 10.6 Å². The Labute approximate surface area is 123 Å². The lowest BCUT2D eigenvalue weighted by molar-refractivity contribution is 0.628. The predicted octanol–water partition coefficient (Wildman–Crippen LogP) is 3.67. The van der Waals surface area contributed by atoms with Crippen LogP contribution in [0.5, 0.6) is 0 Å². The van der Waals surface area contributed by atoms with Gasteiger partial charge in [0, 0.05) is 22.9 Å². The lowest BCUT2D eigenvalue weighted by atomic mass is 10.1. The SMILES string of the molecule is NCCc1ccc(Cl)cc1N1CCc2ccc(F)cc21. The number of hydrogen-bond acceptors (Lipinski definition) is 2. The summed E-state index contributed by atoms with van der Waals surface area (Å²) >= 11 is 6.12. The van der Waals surface area contributed by atoms with E-state index in [9.17, 15) is 4.39 Å². The van der Waals surface area contributed by atoms with Gasteiger partial charge in [0.2, 0.25) is 0 Å². The molecule has 0 saturated heterocycles. The standard InChI is InChI=1S/C16H16ClFN2/c17-13-3-1-11(5-7-19)15(9-13)20-8-6-12-2-4-14(18)10-16(12)20/h1-4,9-10H,5-8,19H2. The first-order valence-electron chi connectivity index (χ1n) is 6.73. The maximum Gasteiger partial charge on any atom is 0.125 e. The normalized spacial score (nSPS) is 13.7. The number of hydrogen-bond donors (Lipinski definition) is 1. The summed E-state index contributed by atoms with van der Waals surface area (Å²) in [7, 11) is 0. The average molecular weight is 291 g/mol. The second-order valence-electron chi connectivity index (χ2n) is 4.99. The van der Waals surface area contributed by atoms with E-state index in [1.165, 1.54) is 11.6 Å². The van der Waals surface area contributed by atoms with Gasteiger partial charge in [0.05, 0.1) is 0 Å². The number of nitrogens with two attached hydrogens (primary N) is 1. The van der Waals surface area contributed by atoms with Crippen molar-refractivity contribution in [3.63, 3.8) is 0 Å². The molecule has 0 bridgehead atoms. The third-order valence-corrected chi connectivity index (χ3v) is 3.93. The maximum atomic E-state index is 13.5. The van der Waals surface area contributed by atoms with Crippen molar-refractivity contribution >= 4 is 23.0 Å². The third kappa shape index (κ3) is 2.39. The van der Waals surface area contributed by atoms with Crippen LogP contribution >= 0.6 is 11.6 Å². The molecule has 104 valence electrons. The fraction of sp³-hybridized carbons (Fsp3) is 0.250. The zero-order valence-electron chi connectivity index (χ0n) is 11.1.